The lowest BCUT2D eigenvalue weighted by Crippen LogP contribution is -2.21. The molecule has 0 radical (unpaired) electrons. The van der Waals surface area contributed by atoms with Crippen molar-refractivity contribution in [2.24, 2.45) is 0 Å². The highest BCUT2D eigenvalue weighted by Crippen LogP contribution is 2.27. The van der Waals surface area contributed by atoms with Crippen LogP contribution in [0.15, 0.2) is 85.7 Å². The molecule has 4 rings (SSSR count). The van der Waals surface area contributed by atoms with Crippen LogP contribution in [-0.4, -0.2) is 24.9 Å². The summed E-state index contributed by atoms with van der Waals surface area (Å²) in [6, 6.07) is 20.4. The van der Waals surface area contributed by atoms with Gasteiger partial charge in [-0.25, -0.2) is 9.97 Å². The fourth-order valence-electron chi connectivity index (χ4n) is 3.87. The average molecular weight is 399 g/mol. The Morgan fingerprint density at radius 3 is 1.53 bits per heavy atom. The number of ketones is 1. The van der Waals surface area contributed by atoms with Crippen molar-refractivity contribution in [1.82, 2.24) is 19.1 Å². The largest absolute Gasteiger partial charge is 0.329 e. The number of imidazole rings is 2. The molecule has 2 heterocycles. The number of rotatable bonds is 8. The van der Waals surface area contributed by atoms with Crippen LogP contribution in [0.2, 0.25) is 0 Å². The Balaban J connectivity index is 1.52. The summed E-state index contributed by atoms with van der Waals surface area (Å²) < 4.78 is 4.12. The van der Waals surface area contributed by atoms with Gasteiger partial charge in [0, 0.05) is 36.9 Å². The molecule has 0 bridgehead atoms. The zero-order valence-electron chi connectivity index (χ0n) is 17.3. The predicted octanol–water partition coefficient (Wildman–Crippen LogP) is 4.65. The third kappa shape index (κ3) is 4.25. The van der Waals surface area contributed by atoms with E-state index in [4.69, 9.17) is 0 Å². The van der Waals surface area contributed by atoms with Crippen LogP contribution in [0.25, 0.3) is 0 Å². The number of carbonyl (C=O) groups is 1. The van der Waals surface area contributed by atoms with E-state index in [1.807, 2.05) is 50.2 Å². The summed E-state index contributed by atoms with van der Waals surface area (Å²) in [5, 5.41) is 0. The minimum absolute atomic E-state index is 0.166. The highest BCUT2D eigenvalue weighted by atomic mass is 16.1. The van der Waals surface area contributed by atoms with Crippen LogP contribution in [-0.2, 0) is 17.9 Å². The third-order valence-corrected chi connectivity index (χ3v) is 5.62. The van der Waals surface area contributed by atoms with Crippen molar-refractivity contribution in [3.8, 4) is 0 Å². The summed E-state index contributed by atoms with van der Waals surface area (Å²) in [6.45, 7) is 5.34. The van der Waals surface area contributed by atoms with Gasteiger partial charge in [0.2, 0.25) is 0 Å². The Hall–Kier alpha value is -3.47. The van der Waals surface area contributed by atoms with Gasteiger partial charge in [-0.3, -0.25) is 4.79 Å². The van der Waals surface area contributed by atoms with Gasteiger partial charge in [-0.05, 0) is 25.0 Å². The minimum atomic E-state index is -0.258. The van der Waals surface area contributed by atoms with Gasteiger partial charge in [-0.1, -0.05) is 60.7 Å². The smallest absolute Gasteiger partial charge is 0.150 e. The maximum atomic E-state index is 13.4. The van der Waals surface area contributed by atoms with E-state index in [9.17, 15) is 4.79 Å². The normalized spacial score (nSPS) is 13.1. The Morgan fingerprint density at radius 1 is 0.733 bits per heavy atom. The van der Waals surface area contributed by atoms with Crippen LogP contribution < -0.4 is 0 Å². The molecule has 30 heavy (non-hydrogen) atoms. The molecule has 2 aromatic carbocycles. The Labute approximate surface area is 177 Å². The number of carbonyl (C=O) groups excluding carboxylic acids is 1. The van der Waals surface area contributed by atoms with Gasteiger partial charge in [-0.2, -0.15) is 0 Å². The van der Waals surface area contributed by atoms with Crippen LogP contribution in [0.5, 0.6) is 0 Å². The minimum Gasteiger partial charge on any atom is -0.329 e. The lowest BCUT2D eigenvalue weighted by atomic mass is 9.91. The quantitative estimate of drug-likeness (QED) is 0.434. The second-order valence-electron chi connectivity index (χ2n) is 7.71. The summed E-state index contributed by atoms with van der Waals surface area (Å²) in [7, 11) is 0. The summed E-state index contributed by atoms with van der Waals surface area (Å²) in [5.41, 5.74) is 4.24. The first-order valence-corrected chi connectivity index (χ1v) is 10.2. The van der Waals surface area contributed by atoms with Crippen molar-refractivity contribution in [3.05, 3.63) is 108 Å². The molecular formula is C25H26N4O. The number of hydrogen-bond acceptors (Lipinski definition) is 3. The number of Topliss-reactive ketones (excluding diaryl/α,β-unsaturated/α-hetero) is 1. The monoisotopic (exact) mass is 398 g/mol. The molecule has 0 aliphatic heterocycles. The zero-order valence-corrected chi connectivity index (χ0v) is 17.3. The fraction of sp³-hybridized carbons (Fsp3) is 0.240. The summed E-state index contributed by atoms with van der Waals surface area (Å²) in [4.78, 5) is 22.0. The topological polar surface area (TPSA) is 52.7 Å². The van der Waals surface area contributed by atoms with Gasteiger partial charge in [0.05, 0.1) is 24.5 Å². The van der Waals surface area contributed by atoms with Crippen molar-refractivity contribution in [1.29, 1.82) is 0 Å². The molecule has 0 spiro atoms. The van der Waals surface area contributed by atoms with E-state index in [2.05, 4.69) is 43.4 Å². The lowest BCUT2D eigenvalue weighted by molar-refractivity contribution is -0.121. The van der Waals surface area contributed by atoms with E-state index in [0.29, 0.717) is 13.1 Å². The van der Waals surface area contributed by atoms with Gasteiger partial charge in [0.15, 0.2) is 0 Å². The molecule has 0 saturated heterocycles. The molecule has 0 saturated carbocycles. The van der Waals surface area contributed by atoms with Crippen molar-refractivity contribution in [2.75, 3.05) is 0 Å². The van der Waals surface area contributed by atoms with E-state index >= 15 is 0 Å². The molecule has 0 N–H and O–H groups in total. The van der Waals surface area contributed by atoms with Crippen molar-refractivity contribution in [2.45, 2.75) is 38.8 Å². The second kappa shape index (κ2) is 8.91. The third-order valence-electron chi connectivity index (χ3n) is 5.62. The van der Waals surface area contributed by atoms with Crippen LogP contribution in [0.3, 0.4) is 0 Å². The van der Waals surface area contributed by atoms with Crippen molar-refractivity contribution >= 4 is 5.78 Å². The summed E-state index contributed by atoms with van der Waals surface area (Å²) >= 11 is 0. The van der Waals surface area contributed by atoms with E-state index in [1.54, 1.807) is 25.0 Å². The van der Waals surface area contributed by atoms with Crippen LogP contribution in [0.4, 0.5) is 0 Å². The molecular weight excluding hydrogens is 372 g/mol. The van der Waals surface area contributed by atoms with Gasteiger partial charge < -0.3 is 9.13 Å². The number of benzene rings is 2. The highest BCUT2D eigenvalue weighted by molar-refractivity contribution is 5.90. The first-order chi connectivity index (χ1) is 14.6. The van der Waals surface area contributed by atoms with E-state index in [0.717, 1.165) is 11.4 Å². The molecule has 152 valence electrons. The lowest BCUT2D eigenvalue weighted by Gasteiger charge is -2.19. The van der Waals surface area contributed by atoms with Gasteiger partial charge in [0.25, 0.3) is 0 Å². The van der Waals surface area contributed by atoms with Crippen LogP contribution in [0.1, 0.15) is 48.2 Å². The molecule has 0 aliphatic carbocycles. The van der Waals surface area contributed by atoms with Crippen LogP contribution in [0, 0.1) is 0 Å². The maximum Gasteiger partial charge on any atom is 0.150 e. The summed E-state index contributed by atoms with van der Waals surface area (Å²) in [5.74, 6) is -0.350. The molecule has 2 unspecified atom stereocenters. The number of nitrogens with zero attached hydrogens (tertiary/aromatic N) is 4. The van der Waals surface area contributed by atoms with Crippen molar-refractivity contribution in [3.63, 3.8) is 0 Å². The molecule has 2 aromatic heterocycles. The highest BCUT2D eigenvalue weighted by Gasteiger charge is 2.27. The first kappa shape index (κ1) is 19.8. The van der Waals surface area contributed by atoms with E-state index in [1.165, 1.54) is 11.1 Å². The molecule has 0 fully saturated rings. The number of aromatic nitrogens is 4. The first-order valence-electron chi connectivity index (χ1n) is 10.2. The van der Waals surface area contributed by atoms with Gasteiger partial charge in [0.1, 0.15) is 5.78 Å². The van der Waals surface area contributed by atoms with Gasteiger partial charge in [-0.15, -0.1) is 0 Å². The van der Waals surface area contributed by atoms with Crippen molar-refractivity contribution < 1.29 is 4.79 Å². The molecule has 5 heteroatoms. The molecule has 0 aliphatic rings. The fourth-order valence-corrected chi connectivity index (χ4v) is 3.87. The SMILES string of the molecule is CC(C(=O)C(C)c1cncn1Cc1ccccc1)c1cncn1Cc1ccccc1. The molecule has 4 aromatic rings. The Bertz CT molecular complexity index is 1010. The average Bonchev–Trinajstić information content (AvgIpc) is 3.43. The Kier molecular flexibility index (Phi) is 5.89. The van der Waals surface area contributed by atoms with Gasteiger partial charge >= 0.3 is 0 Å². The summed E-state index contributed by atoms with van der Waals surface area (Å²) in [6.07, 6.45) is 7.21. The zero-order chi connectivity index (χ0) is 20.9. The molecule has 5 nitrogen and oxygen atoms in total. The van der Waals surface area contributed by atoms with Crippen LogP contribution >= 0.6 is 0 Å². The predicted molar refractivity (Wildman–Crippen MR) is 117 cm³/mol. The maximum absolute atomic E-state index is 13.4. The standard InChI is InChI=1S/C25H26N4O/c1-19(23-13-26-17-28(23)15-21-9-5-3-6-10-21)25(30)20(2)24-14-27-18-29(24)16-22-11-7-4-8-12-22/h3-14,17-20H,15-16H2,1-2H3. The number of hydrogen-bond donors (Lipinski definition) is 0. The Morgan fingerprint density at radius 2 is 1.13 bits per heavy atom. The van der Waals surface area contributed by atoms with E-state index in [-0.39, 0.29) is 17.6 Å². The molecule has 0 amide bonds. The van der Waals surface area contributed by atoms with E-state index < -0.39 is 0 Å². The second-order valence-corrected chi connectivity index (χ2v) is 7.71. The molecule has 2 atom stereocenters.